The van der Waals surface area contributed by atoms with Gasteiger partial charge in [0.05, 0.1) is 17.7 Å². The maximum absolute atomic E-state index is 11.3. The Bertz CT molecular complexity index is 487. The lowest BCUT2D eigenvalue weighted by Gasteiger charge is -2.23. The van der Waals surface area contributed by atoms with Gasteiger partial charge in [-0.15, -0.1) is 0 Å². The van der Waals surface area contributed by atoms with Crippen LogP contribution in [0.5, 0.6) is 17.2 Å². The average molecular weight is 275 g/mol. The van der Waals surface area contributed by atoms with Crippen molar-refractivity contribution in [2.75, 3.05) is 20.3 Å². The Balaban J connectivity index is 2.56. The summed E-state index contributed by atoms with van der Waals surface area (Å²) in [5.41, 5.74) is -0.149. The lowest BCUT2D eigenvalue weighted by molar-refractivity contribution is -0.150. The van der Waals surface area contributed by atoms with Crippen LogP contribution in [-0.4, -0.2) is 36.5 Å². The number of hydrogen-bond acceptors (Lipinski definition) is 6. The fourth-order valence-corrected chi connectivity index (χ4v) is 1.85. The van der Waals surface area contributed by atoms with Gasteiger partial charge in [-0.2, -0.15) is 0 Å². The number of aromatic hydroxyl groups is 1. The van der Waals surface area contributed by atoms with E-state index < -0.39 is 17.8 Å². The number of phenols is 1. The van der Waals surface area contributed by atoms with Crippen molar-refractivity contribution in [3.05, 3.63) is 16.7 Å². The predicted molar refractivity (Wildman–Crippen MR) is 61.1 cm³/mol. The van der Waals surface area contributed by atoms with Gasteiger partial charge in [-0.05, 0) is 0 Å². The Labute approximate surface area is 108 Å². The van der Waals surface area contributed by atoms with E-state index in [2.05, 4.69) is 4.74 Å². The SMILES string of the molecule is COC(=O)C(O)c1c(O)c(Cl)cc2c1OCCO2. The van der Waals surface area contributed by atoms with Gasteiger partial charge in [0.1, 0.15) is 19.0 Å². The van der Waals surface area contributed by atoms with E-state index in [-0.39, 0.29) is 28.7 Å². The van der Waals surface area contributed by atoms with Gasteiger partial charge >= 0.3 is 5.97 Å². The van der Waals surface area contributed by atoms with Crippen LogP contribution in [0.25, 0.3) is 0 Å². The van der Waals surface area contributed by atoms with Crippen molar-refractivity contribution in [1.82, 2.24) is 0 Å². The number of rotatable bonds is 2. The molecule has 0 saturated heterocycles. The molecule has 0 fully saturated rings. The van der Waals surface area contributed by atoms with Crippen molar-refractivity contribution in [3.8, 4) is 17.2 Å². The fraction of sp³-hybridized carbons (Fsp3) is 0.364. The van der Waals surface area contributed by atoms with Gasteiger partial charge in [0.15, 0.2) is 17.6 Å². The zero-order chi connectivity index (χ0) is 13.3. The molecule has 0 aliphatic carbocycles. The third kappa shape index (κ3) is 2.04. The van der Waals surface area contributed by atoms with E-state index in [0.717, 1.165) is 7.11 Å². The van der Waals surface area contributed by atoms with E-state index in [1.165, 1.54) is 6.07 Å². The van der Waals surface area contributed by atoms with Crippen molar-refractivity contribution < 1.29 is 29.2 Å². The Hall–Kier alpha value is -1.66. The normalized spacial score (nSPS) is 15.1. The molecule has 2 N–H and O–H groups in total. The minimum Gasteiger partial charge on any atom is -0.506 e. The predicted octanol–water partition coefficient (Wildman–Crippen LogP) is 1.02. The molecular formula is C11H11ClO6. The van der Waals surface area contributed by atoms with Crippen LogP contribution in [0.15, 0.2) is 6.07 Å². The van der Waals surface area contributed by atoms with E-state index in [1.54, 1.807) is 0 Å². The number of fused-ring (bicyclic) bond motifs is 1. The molecule has 1 atom stereocenters. The first-order chi connectivity index (χ1) is 8.56. The van der Waals surface area contributed by atoms with E-state index in [4.69, 9.17) is 21.1 Å². The van der Waals surface area contributed by atoms with Crippen LogP contribution in [0.4, 0.5) is 0 Å². The molecule has 98 valence electrons. The number of ether oxygens (including phenoxy) is 3. The molecule has 0 aromatic heterocycles. The van der Waals surface area contributed by atoms with E-state index in [9.17, 15) is 15.0 Å². The molecule has 0 saturated carbocycles. The minimum absolute atomic E-state index is 0.0443. The summed E-state index contributed by atoms with van der Waals surface area (Å²) in [4.78, 5) is 11.3. The molecule has 2 rings (SSSR count). The maximum Gasteiger partial charge on any atom is 0.339 e. The van der Waals surface area contributed by atoms with Gasteiger partial charge < -0.3 is 24.4 Å². The first-order valence-corrected chi connectivity index (χ1v) is 5.51. The summed E-state index contributed by atoms with van der Waals surface area (Å²) in [6, 6.07) is 1.36. The lowest BCUT2D eigenvalue weighted by atomic mass is 10.1. The summed E-state index contributed by atoms with van der Waals surface area (Å²) in [7, 11) is 1.12. The summed E-state index contributed by atoms with van der Waals surface area (Å²) in [5.74, 6) is -0.995. The quantitative estimate of drug-likeness (QED) is 0.783. The molecule has 1 aromatic carbocycles. The number of phenolic OH excluding ortho intramolecular Hbond substituents is 1. The van der Waals surface area contributed by atoms with Crippen LogP contribution >= 0.6 is 11.6 Å². The maximum atomic E-state index is 11.3. The molecule has 6 nitrogen and oxygen atoms in total. The van der Waals surface area contributed by atoms with Crippen molar-refractivity contribution >= 4 is 17.6 Å². The van der Waals surface area contributed by atoms with Crippen LogP contribution in [-0.2, 0) is 9.53 Å². The van der Waals surface area contributed by atoms with Crippen LogP contribution in [0.1, 0.15) is 11.7 Å². The summed E-state index contributed by atoms with van der Waals surface area (Å²) >= 11 is 5.79. The van der Waals surface area contributed by atoms with E-state index in [1.807, 2.05) is 0 Å². The molecule has 1 aromatic rings. The van der Waals surface area contributed by atoms with Crippen LogP contribution in [0.3, 0.4) is 0 Å². The number of benzene rings is 1. The monoisotopic (exact) mass is 274 g/mol. The number of aliphatic hydroxyl groups excluding tert-OH is 1. The number of hydrogen-bond donors (Lipinski definition) is 2. The van der Waals surface area contributed by atoms with E-state index in [0.29, 0.717) is 6.61 Å². The number of carbonyl (C=O) groups is 1. The highest BCUT2D eigenvalue weighted by atomic mass is 35.5. The lowest BCUT2D eigenvalue weighted by Crippen LogP contribution is -2.20. The average Bonchev–Trinajstić information content (AvgIpc) is 2.38. The Morgan fingerprint density at radius 1 is 1.50 bits per heavy atom. The Morgan fingerprint density at radius 3 is 2.83 bits per heavy atom. The first kappa shape index (κ1) is 12.8. The topological polar surface area (TPSA) is 85.2 Å². The first-order valence-electron chi connectivity index (χ1n) is 5.13. The van der Waals surface area contributed by atoms with Gasteiger partial charge in [0.2, 0.25) is 0 Å². The van der Waals surface area contributed by atoms with Gasteiger partial charge in [0, 0.05) is 6.07 Å². The van der Waals surface area contributed by atoms with Gasteiger partial charge in [-0.25, -0.2) is 4.79 Å². The molecule has 0 bridgehead atoms. The molecular weight excluding hydrogens is 264 g/mol. The number of carbonyl (C=O) groups excluding carboxylic acids is 1. The summed E-state index contributed by atoms with van der Waals surface area (Å²) in [6.45, 7) is 0.566. The van der Waals surface area contributed by atoms with Crippen molar-refractivity contribution in [1.29, 1.82) is 0 Å². The van der Waals surface area contributed by atoms with Gasteiger partial charge in [-0.3, -0.25) is 0 Å². The molecule has 0 amide bonds. The van der Waals surface area contributed by atoms with Crippen molar-refractivity contribution in [2.45, 2.75) is 6.10 Å². The second kappa shape index (κ2) is 4.91. The highest BCUT2D eigenvalue weighted by Crippen LogP contribution is 2.46. The highest BCUT2D eigenvalue weighted by Gasteiger charge is 2.31. The largest absolute Gasteiger partial charge is 0.506 e. The molecule has 1 unspecified atom stereocenters. The van der Waals surface area contributed by atoms with Crippen molar-refractivity contribution in [3.63, 3.8) is 0 Å². The summed E-state index contributed by atoms with van der Waals surface area (Å²) < 4.78 is 15.0. The molecule has 1 heterocycles. The van der Waals surface area contributed by atoms with Gasteiger partial charge in [-0.1, -0.05) is 11.6 Å². The van der Waals surface area contributed by atoms with Crippen LogP contribution in [0, 0.1) is 0 Å². The molecule has 0 spiro atoms. The summed E-state index contributed by atoms with van der Waals surface area (Å²) in [6.07, 6.45) is -1.69. The highest BCUT2D eigenvalue weighted by molar-refractivity contribution is 6.32. The zero-order valence-corrected chi connectivity index (χ0v) is 10.2. The second-order valence-electron chi connectivity index (χ2n) is 3.57. The number of halogens is 1. The number of aliphatic hydroxyl groups is 1. The van der Waals surface area contributed by atoms with Crippen molar-refractivity contribution in [2.24, 2.45) is 0 Å². The second-order valence-corrected chi connectivity index (χ2v) is 3.98. The zero-order valence-electron chi connectivity index (χ0n) is 9.47. The molecule has 18 heavy (non-hydrogen) atoms. The fourth-order valence-electron chi connectivity index (χ4n) is 1.65. The van der Waals surface area contributed by atoms with Crippen LogP contribution < -0.4 is 9.47 Å². The Morgan fingerprint density at radius 2 is 2.17 bits per heavy atom. The minimum atomic E-state index is -1.69. The summed E-state index contributed by atoms with van der Waals surface area (Å²) in [5, 5.41) is 19.6. The molecule has 0 radical (unpaired) electrons. The molecule has 1 aliphatic rings. The van der Waals surface area contributed by atoms with Crippen LogP contribution in [0.2, 0.25) is 5.02 Å². The third-order valence-corrected chi connectivity index (χ3v) is 2.78. The number of esters is 1. The molecule has 1 aliphatic heterocycles. The smallest absolute Gasteiger partial charge is 0.339 e. The van der Waals surface area contributed by atoms with Gasteiger partial charge in [0.25, 0.3) is 0 Å². The third-order valence-electron chi connectivity index (χ3n) is 2.49. The van der Waals surface area contributed by atoms with E-state index >= 15 is 0 Å². The Kier molecular flexibility index (Phi) is 3.49. The standard InChI is InChI=1S/C11H11ClO6/c1-16-11(15)9(14)7-8(13)5(12)4-6-10(7)18-3-2-17-6/h4,9,13-14H,2-3H2,1H3. The molecule has 7 heteroatoms. The number of methoxy groups -OCH3 is 1.